The minimum atomic E-state index is -0.647. The largest absolute Gasteiger partial charge is 0.508 e. The summed E-state index contributed by atoms with van der Waals surface area (Å²) in [4.78, 5) is 0. The van der Waals surface area contributed by atoms with E-state index in [0.717, 1.165) is 0 Å². The zero-order valence-electron chi connectivity index (χ0n) is 5.64. The topological polar surface area (TPSA) is 20.2 Å². The second kappa shape index (κ2) is 2.93. The highest BCUT2D eigenvalue weighted by Crippen LogP contribution is 2.26. The second-order valence-corrected chi connectivity index (χ2v) is 2.48. The maximum Gasteiger partial charge on any atom is 0.124 e. The van der Waals surface area contributed by atoms with Crippen LogP contribution in [0.4, 0.5) is 4.39 Å². The lowest BCUT2D eigenvalue weighted by Gasteiger charge is -1.99. The molecule has 0 spiro atoms. The number of phenols is 1. The number of halogens is 2. The van der Waals surface area contributed by atoms with E-state index in [4.69, 9.17) is 16.7 Å². The Bertz CT molecular complexity index is 296. The van der Waals surface area contributed by atoms with Gasteiger partial charge in [-0.25, -0.2) is 4.39 Å². The first kappa shape index (κ1) is 8.08. The van der Waals surface area contributed by atoms with Crippen molar-refractivity contribution < 1.29 is 9.50 Å². The molecule has 0 aliphatic rings. The van der Waals surface area contributed by atoms with Gasteiger partial charge in [0.25, 0.3) is 0 Å². The molecule has 0 aromatic heterocycles. The molecular weight excluding hydrogens is 167 g/mol. The van der Waals surface area contributed by atoms with Crippen LogP contribution in [0.25, 0.3) is 5.83 Å². The number of hydrogen-bond donors (Lipinski definition) is 1. The van der Waals surface area contributed by atoms with Crippen molar-refractivity contribution in [2.75, 3.05) is 0 Å². The van der Waals surface area contributed by atoms with Gasteiger partial charge in [0.05, 0.1) is 5.02 Å². The summed E-state index contributed by atoms with van der Waals surface area (Å²) < 4.78 is 12.5. The summed E-state index contributed by atoms with van der Waals surface area (Å²) in [6.07, 6.45) is 0. The van der Waals surface area contributed by atoms with E-state index in [1.165, 1.54) is 18.2 Å². The van der Waals surface area contributed by atoms with Crippen molar-refractivity contribution >= 4 is 17.4 Å². The molecule has 11 heavy (non-hydrogen) atoms. The first-order chi connectivity index (χ1) is 5.11. The summed E-state index contributed by atoms with van der Waals surface area (Å²) in [5.74, 6) is -0.672. The van der Waals surface area contributed by atoms with E-state index in [2.05, 4.69) is 6.58 Å². The maximum atomic E-state index is 12.5. The Kier molecular flexibility index (Phi) is 2.15. The summed E-state index contributed by atoms with van der Waals surface area (Å²) in [6, 6.07) is 4.02. The zero-order valence-corrected chi connectivity index (χ0v) is 6.40. The standard InChI is InChI=1S/C8H6ClFO/c1-5(10)7-4-6(11)2-3-8(7)9/h2-4,11H,1H2. The molecule has 0 atom stereocenters. The first-order valence-electron chi connectivity index (χ1n) is 2.94. The van der Waals surface area contributed by atoms with E-state index in [1.807, 2.05) is 0 Å². The summed E-state index contributed by atoms with van der Waals surface area (Å²) in [5.41, 5.74) is 0.131. The van der Waals surface area contributed by atoms with Crippen LogP contribution in [0.1, 0.15) is 5.56 Å². The van der Waals surface area contributed by atoms with Gasteiger partial charge in [0.2, 0.25) is 0 Å². The summed E-state index contributed by atoms with van der Waals surface area (Å²) in [6.45, 7) is 3.07. The fourth-order valence-corrected chi connectivity index (χ4v) is 0.941. The van der Waals surface area contributed by atoms with Gasteiger partial charge in [0.15, 0.2) is 0 Å². The maximum absolute atomic E-state index is 12.5. The normalized spacial score (nSPS) is 9.64. The van der Waals surface area contributed by atoms with Gasteiger partial charge >= 0.3 is 0 Å². The van der Waals surface area contributed by atoms with Gasteiger partial charge in [0, 0.05) is 5.56 Å². The van der Waals surface area contributed by atoms with Crippen LogP contribution < -0.4 is 0 Å². The molecule has 0 heterocycles. The van der Waals surface area contributed by atoms with Gasteiger partial charge in [-0.2, -0.15) is 0 Å². The summed E-state index contributed by atoms with van der Waals surface area (Å²) in [5, 5.41) is 9.17. The van der Waals surface area contributed by atoms with Crippen LogP contribution in [0.3, 0.4) is 0 Å². The van der Waals surface area contributed by atoms with Gasteiger partial charge in [-0.3, -0.25) is 0 Å². The summed E-state index contributed by atoms with van der Waals surface area (Å²) >= 11 is 5.58. The van der Waals surface area contributed by atoms with E-state index in [0.29, 0.717) is 0 Å². The van der Waals surface area contributed by atoms with Crippen molar-refractivity contribution in [3.05, 3.63) is 35.4 Å². The number of hydrogen-bond acceptors (Lipinski definition) is 1. The Morgan fingerprint density at radius 3 is 2.64 bits per heavy atom. The van der Waals surface area contributed by atoms with Crippen LogP contribution in [-0.4, -0.2) is 5.11 Å². The van der Waals surface area contributed by atoms with Crippen LogP contribution in [0.2, 0.25) is 5.02 Å². The molecule has 0 radical (unpaired) electrons. The van der Waals surface area contributed by atoms with Crippen molar-refractivity contribution in [1.29, 1.82) is 0 Å². The van der Waals surface area contributed by atoms with Gasteiger partial charge in [-0.05, 0) is 18.2 Å². The highest BCUT2D eigenvalue weighted by atomic mass is 35.5. The van der Waals surface area contributed by atoms with Crippen molar-refractivity contribution in [2.45, 2.75) is 0 Å². The monoisotopic (exact) mass is 172 g/mol. The predicted molar refractivity (Wildman–Crippen MR) is 43.3 cm³/mol. The van der Waals surface area contributed by atoms with E-state index >= 15 is 0 Å². The molecule has 1 N–H and O–H groups in total. The Hall–Kier alpha value is -1.02. The highest BCUT2D eigenvalue weighted by Gasteiger charge is 2.03. The molecule has 1 aromatic rings. The van der Waals surface area contributed by atoms with Crippen LogP contribution >= 0.6 is 11.6 Å². The van der Waals surface area contributed by atoms with Crippen LogP contribution in [0.15, 0.2) is 24.8 Å². The lowest BCUT2D eigenvalue weighted by molar-refractivity contribution is 0.475. The Labute approximate surface area is 68.7 Å². The van der Waals surface area contributed by atoms with Crippen molar-refractivity contribution in [1.82, 2.24) is 0 Å². The lowest BCUT2D eigenvalue weighted by Crippen LogP contribution is -1.77. The van der Waals surface area contributed by atoms with Crippen molar-refractivity contribution in [3.63, 3.8) is 0 Å². The molecule has 58 valence electrons. The van der Waals surface area contributed by atoms with E-state index < -0.39 is 5.83 Å². The number of aromatic hydroxyl groups is 1. The highest BCUT2D eigenvalue weighted by molar-refractivity contribution is 6.32. The predicted octanol–water partition coefficient (Wildman–Crippen LogP) is 2.99. The average Bonchev–Trinajstić information content (AvgIpc) is 1.94. The third-order valence-corrected chi connectivity index (χ3v) is 1.57. The molecule has 0 aliphatic carbocycles. The quantitative estimate of drug-likeness (QED) is 0.691. The molecule has 1 nitrogen and oxygen atoms in total. The number of phenolic OH excluding ortho intramolecular Hbond substituents is 1. The fraction of sp³-hybridized carbons (Fsp3) is 0. The van der Waals surface area contributed by atoms with Crippen LogP contribution in [-0.2, 0) is 0 Å². The smallest absolute Gasteiger partial charge is 0.124 e. The van der Waals surface area contributed by atoms with Gasteiger partial charge in [-0.1, -0.05) is 18.2 Å². The number of rotatable bonds is 1. The Morgan fingerprint density at radius 2 is 2.18 bits per heavy atom. The van der Waals surface area contributed by atoms with E-state index in [1.54, 1.807) is 0 Å². The lowest BCUT2D eigenvalue weighted by atomic mass is 10.2. The fourth-order valence-electron chi connectivity index (χ4n) is 0.721. The molecule has 0 amide bonds. The summed E-state index contributed by atoms with van der Waals surface area (Å²) in [7, 11) is 0. The SMILES string of the molecule is C=C(F)c1cc(O)ccc1Cl. The van der Waals surface area contributed by atoms with Gasteiger partial charge < -0.3 is 5.11 Å². The minimum Gasteiger partial charge on any atom is -0.508 e. The van der Waals surface area contributed by atoms with Crippen LogP contribution in [0.5, 0.6) is 5.75 Å². The molecule has 1 rings (SSSR count). The zero-order chi connectivity index (χ0) is 8.43. The Balaban J connectivity index is 3.23. The molecule has 0 fully saturated rings. The van der Waals surface area contributed by atoms with Gasteiger partial charge in [-0.15, -0.1) is 0 Å². The molecule has 0 saturated carbocycles. The third-order valence-electron chi connectivity index (χ3n) is 1.24. The molecule has 0 bridgehead atoms. The van der Waals surface area contributed by atoms with Crippen molar-refractivity contribution in [2.24, 2.45) is 0 Å². The minimum absolute atomic E-state index is 0.0248. The second-order valence-electron chi connectivity index (χ2n) is 2.07. The van der Waals surface area contributed by atoms with Crippen molar-refractivity contribution in [3.8, 4) is 5.75 Å². The molecule has 0 unspecified atom stereocenters. The molecule has 0 saturated heterocycles. The van der Waals surface area contributed by atoms with Crippen LogP contribution in [0, 0.1) is 0 Å². The van der Waals surface area contributed by atoms with E-state index in [-0.39, 0.29) is 16.3 Å². The van der Waals surface area contributed by atoms with E-state index in [9.17, 15) is 4.39 Å². The Morgan fingerprint density at radius 1 is 1.55 bits per heavy atom. The average molecular weight is 173 g/mol. The third kappa shape index (κ3) is 1.71. The molecule has 0 aliphatic heterocycles. The molecular formula is C8H6ClFO. The molecule has 3 heteroatoms. The first-order valence-corrected chi connectivity index (χ1v) is 3.32. The molecule has 1 aromatic carbocycles. The van der Waals surface area contributed by atoms with Gasteiger partial charge in [0.1, 0.15) is 11.6 Å². The number of benzene rings is 1.